The molecule has 0 aliphatic carbocycles. The molecular weight excluding hydrogens is 191 g/mol. The predicted molar refractivity (Wildman–Crippen MR) is 52.0 cm³/mol. The normalized spacial score (nSPS) is 12.8. The van der Waals surface area contributed by atoms with Crippen LogP contribution in [0.1, 0.15) is 26.7 Å². The Hall–Kier alpha value is -0.540. The van der Waals surface area contributed by atoms with E-state index in [0.717, 1.165) is 12.8 Å². The zero-order chi connectivity index (χ0) is 10.3. The van der Waals surface area contributed by atoms with E-state index >= 15 is 0 Å². The van der Waals surface area contributed by atoms with Gasteiger partial charge in [-0.15, -0.1) is 0 Å². The van der Waals surface area contributed by atoms with Crippen LogP contribution in [0.15, 0.2) is 0 Å². The Balaban J connectivity index is 3.62. The lowest BCUT2D eigenvalue weighted by molar-refractivity contribution is 0.225. The first-order valence-electron chi connectivity index (χ1n) is 4.28. The Bertz CT molecular complexity index is 183. The van der Waals surface area contributed by atoms with Crippen molar-refractivity contribution in [2.75, 3.05) is 6.61 Å². The van der Waals surface area contributed by atoms with Gasteiger partial charge in [-0.3, -0.25) is 5.41 Å². The van der Waals surface area contributed by atoms with Gasteiger partial charge in [0, 0.05) is 0 Å². The highest BCUT2D eigenvalue weighted by molar-refractivity contribution is 7.34. The Morgan fingerprint density at radius 1 is 1.54 bits per heavy atom. The third-order valence-corrected chi connectivity index (χ3v) is 2.57. The Morgan fingerprint density at radius 2 is 2.08 bits per heavy atom. The monoisotopic (exact) mass is 208 g/mol. The fraction of sp³-hybridized carbons (Fsp3) is 0.857. The third kappa shape index (κ3) is 6.61. The standard InChI is InChI=1S/C7H17N2O3P/c1-3-6(4-2)5-11-13(10)12-7(8)9/h6,13H,3-5H2,1-2H3,(H3,8,9). The van der Waals surface area contributed by atoms with E-state index in [4.69, 9.17) is 15.7 Å². The second-order valence-electron chi connectivity index (χ2n) is 2.71. The maximum atomic E-state index is 10.9. The summed E-state index contributed by atoms with van der Waals surface area (Å²) in [7, 11) is -2.60. The van der Waals surface area contributed by atoms with E-state index in [1.54, 1.807) is 0 Å². The van der Waals surface area contributed by atoms with Gasteiger partial charge >= 0.3 is 8.25 Å². The molecule has 1 atom stereocenters. The average molecular weight is 208 g/mol. The molecule has 0 radical (unpaired) electrons. The van der Waals surface area contributed by atoms with E-state index in [1.165, 1.54) is 0 Å². The van der Waals surface area contributed by atoms with Crippen LogP contribution in [-0.2, 0) is 13.6 Å². The molecule has 0 bridgehead atoms. The van der Waals surface area contributed by atoms with Crippen molar-refractivity contribution in [2.24, 2.45) is 11.7 Å². The summed E-state index contributed by atoms with van der Waals surface area (Å²) >= 11 is 0. The van der Waals surface area contributed by atoms with Gasteiger partial charge in [0.25, 0.3) is 6.02 Å². The first-order chi connectivity index (χ1) is 6.10. The zero-order valence-corrected chi connectivity index (χ0v) is 9.00. The topological polar surface area (TPSA) is 85.4 Å². The highest BCUT2D eigenvalue weighted by atomic mass is 31.1. The molecule has 1 unspecified atom stereocenters. The van der Waals surface area contributed by atoms with Crippen molar-refractivity contribution in [1.29, 1.82) is 5.41 Å². The molecule has 0 aromatic rings. The van der Waals surface area contributed by atoms with Crippen molar-refractivity contribution < 1.29 is 13.6 Å². The molecule has 3 N–H and O–H groups in total. The van der Waals surface area contributed by atoms with Crippen LogP contribution < -0.4 is 5.73 Å². The highest BCUT2D eigenvalue weighted by Crippen LogP contribution is 2.25. The summed E-state index contributed by atoms with van der Waals surface area (Å²) in [6, 6.07) is -0.562. The van der Waals surface area contributed by atoms with Crippen molar-refractivity contribution in [3.05, 3.63) is 0 Å². The summed E-state index contributed by atoms with van der Waals surface area (Å²) in [5.74, 6) is 0.393. The molecule has 0 saturated heterocycles. The van der Waals surface area contributed by atoms with Gasteiger partial charge < -0.3 is 14.8 Å². The van der Waals surface area contributed by atoms with Crippen LogP contribution in [0.3, 0.4) is 0 Å². The number of hydrogen-bond acceptors (Lipinski definition) is 4. The molecule has 0 spiro atoms. The lowest BCUT2D eigenvalue weighted by Gasteiger charge is -2.11. The summed E-state index contributed by atoms with van der Waals surface area (Å²) in [6.45, 7) is 4.49. The van der Waals surface area contributed by atoms with Crippen molar-refractivity contribution >= 4 is 14.3 Å². The maximum absolute atomic E-state index is 10.9. The summed E-state index contributed by atoms with van der Waals surface area (Å²) in [5, 5.41) is 6.70. The Labute approximate surface area is 79.1 Å². The quantitative estimate of drug-likeness (QED) is 0.395. The van der Waals surface area contributed by atoms with Crippen molar-refractivity contribution in [1.82, 2.24) is 0 Å². The first-order valence-corrected chi connectivity index (χ1v) is 5.51. The largest absolute Gasteiger partial charge is 0.393 e. The van der Waals surface area contributed by atoms with Crippen LogP contribution in [0.2, 0.25) is 0 Å². The summed E-state index contributed by atoms with van der Waals surface area (Å²) in [5.41, 5.74) is 4.87. The number of amidine groups is 1. The van der Waals surface area contributed by atoms with Crippen LogP contribution >= 0.6 is 8.25 Å². The molecular formula is C7H17N2O3P. The molecule has 0 fully saturated rings. The first kappa shape index (κ1) is 12.5. The van der Waals surface area contributed by atoms with Crippen LogP contribution in [0, 0.1) is 11.3 Å². The minimum atomic E-state index is -2.60. The van der Waals surface area contributed by atoms with Crippen LogP contribution in [0.4, 0.5) is 0 Å². The van der Waals surface area contributed by atoms with Crippen molar-refractivity contribution in [2.45, 2.75) is 26.7 Å². The summed E-state index contributed by atoms with van der Waals surface area (Å²) in [6.07, 6.45) is 1.96. The van der Waals surface area contributed by atoms with Gasteiger partial charge in [-0.25, -0.2) is 4.57 Å². The van der Waals surface area contributed by atoms with Gasteiger partial charge in [0.2, 0.25) is 0 Å². The molecule has 0 saturated carbocycles. The van der Waals surface area contributed by atoms with Gasteiger partial charge in [-0.05, 0) is 5.92 Å². The molecule has 0 aromatic heterocycles. The van der Waals surface area contributed by atoms with Gasteiger partial charge in [0.15, 0.2) is 0 Å². The second kappa shape index (κ2) is 6.92. The molecule has 78 valence electrons. The number of nitrogens with two attached hydrogens (primary N) is 1. The van der Waals surface area contributed by atoms with Crippen LogP contribution in [-0.4, -0.2) is 12.6 Å². The Morgan fingerprint density at radius 3 is 2.46 bits per heavy atom. The van der Waals surface area contributed by atoms with Crippen molar-refractivity contribution in [3.63, 3.8) is 0 Å². The summed E-state index contributed by atoms with van der Waals surface area (Å²) in [4.78, 5) is 0. The second-order valence-corrected chi connectivity index (χ2v) is 3.70. The number of nitrogens with one attached hydrogen (secondary N) is 1. The minimum Gasteiger partial charge on any atom is -0.393 e. The lowest BCUT2D eigenvalue weighted by atomic mass is 10.1. The summed E-state index contributed by atoms with van der Waals surface area (Å²) < 4.78 is 20.2. The lowest BCUT2D eigenvalue weighted by Crippen LogP contribution is -2.11. The van der Waals surface area contributed by atoms with Gasteiger partial charge in [0.1, 0.15) is 0 Å². The van der Waals surface area contributed by atoms with Gasteiger partial charge in [-0.1, -0.05) is 26.7 Å². The van der Waals surface area contributed by atoms with E-state index in [9.17, 15) is 4.57 Å². The maximum Gasteiger partial charge on any atom is 0.370 e. The molecule has 0 aliphatic rings. The number of hydrogen-bond donors (Lipinski definition) is 2. The fourth-order valence-electron chi connectivity index (χ4n) is 0.830. The molecule has 0 heterocycles. The molecule has 0 amide bonds. The van der Waals surface area contributed by atoms with Crippen LogP contribution in [0.5, 0.6) is 0 Å². The third-order valence-electron chi connectivity index (χ3n) is 1.78. The van der Waals surface area contributed by atoms with Gasteiger partial charge in [-0.2, -0.15) is 0 Å². The molecule has 0 rings (SSSR count). The van der Waals surface area contributed by atoms with E-state index in [-0.39, 0.29) is 0 Å². The molecule has 0 aliphatic heterocycles. The number of rotatable bonds is 6. The van der Waals surface area contributed by atoms with E-state index in [1.807, 2.05) is 13.8 Å². The molecule has 6 heteroatoms. The SMILES string of the molecule is CCC(CC)CO[PH](=O)OC(=N)N. The van der Waals surface area contributed by atoms with Crippen molar-refractivity contribution in [3.8, 4) is 0 Å². The smallest absolute Gasteiger partial charge is 0.370 e. The minimum absolute atomic E-state index is 0.393. The molecule has 13 heavy (non-hydrogen) atoms. The van der Waals surface area contributed by atoms with E-state index in [2.05, 4.69) is 4.52 Å². The van der Waals surface area contributed by atoms with E-state index < -0.39 is 14.3 Å². The zero-order valence-electron chi connectivity index (χ0n) is 8.00. The predicted octanol–water partition coefficient (Wildman–Crippen LogP) is 1.74. The van der Waals surface area contributed by atoms with Crippen LogP contribution in [0.25, 0.3) is 0 Å². The molecule has 0 aromatic carbocycles. The van der Waals surface area contributed by atoms with E-state index in [0.29, 0.717) is 12.5 Å². The fourth-order valence-corrected chi connectivity index (χ4v) is 1.44. The Kier molecular flexibility index (Phi) is 6.63. The average Bonchev–Trinajstić information content (AvgIpc) is 2.05. The molecule has 5 nitrogen and oxygen atoms in total. The highest BCUT2D eigenvalue weighted by Gasteiger charge is 2.07. The van der Waals surface area contributed by atoms with Gasteiger partial charge in [0.05, 0.1) is 6.61 Å².